The van der Waals surface area contributed by atoms with Gasteiger partial charge in [-0.3, -0.25) is 4.79 Å². The zero-order chi connectivity index (χ0) is 26.2. The molecule has 0 aromatic carbocycles. The SMILES string of the molecule is CC(=O)NC1/C(=C2/C(CO)OC(C)C(OC3OC(C)C(O)C(O)C3O)[C@@H]2O)OC(CO)C(O)C1O. The molecule has 0 saturated carbocycles. The lowest BCUT2D eigenvalue weighted by Crippen LogP contribution is -2.62. The average molecular weight is 510 g/mol. The van der Waals surface area contributed by atoms with E-state index in [1.807, 2.05) is 0 Å². The molecule has 3 heterocycles. The van der Waals surface area contributed by atoms with E-state index in [1.54, 1.807) is 0 Å². The van der Waals surface area contributed by atoms with E-state index < -0.39 is 98.6 Å². The minimum absolute atomic E-state index is 0.127. The normalized spacial score (nSPS) is 48.8. The Morgan fingerprint density at radius 3 is 2.11 bits per heavy atom. The van der Waals surface area contributed by atoms with Crippen molar-refractivity contribution in [2.24, 2.45) is 0 Å². The van der Waals surface area contributed by atoms with Gasteiger partial charge in [-0.15, -0.1) is 0 Å². The number of rotatable bonds is 5. The van der Waals surface area contributed by atoms with Gasteiger partial charge >= 0.3 is 0 Å². The Morgan fingerprint density at radius 1 is 0.886 bits per heavy atom. The van der Waals surface area contributed by atoms with Gasteiger partial charge in [-0.2, -0.15) is 0 Å². The fraction of sp³-hybridized carbons (Fsp3) is 0.857. The van der Waals surface area contributed by atoms with E-state index in [0.717, 1.165) is 6.92 Å². The molecule has 1 amide bonds. The first-order chi connectivity index (χ1) is 16.4. The summed E-state index contributed by atoms with van der Waals surface area (Å²) in [5.74, 6) is -0.836. The summed E-state index contributed by atoms with van der Waals surface area (Å²) in [6.07, 6.45) is -16.5. The maximum Gasteiger partial charge on any atom is 0.217 e. The van der Waals surface area contributed by atoms with Crippen molar-refractivity contribution in [3.63, 3.8) is 0 Å². The third-order valence-electron chi connectivity index (χ3n) is 6.54. The van der Waals surface area contributed by atoms with Gasteiger partial charge in [0.15, 0.2) is 6.29 Å². The predicted octanol–water partition coefficient (Wildman–Crippen LogP) is -4.79. The first-order valence-electron chi connectivity index (χ1n) is 11.4. The first-order valence-corrected chi connectivity index (χ1v) is 11.4. The summed E-state index contributed by atoms with van der Waals surface area (Å²) in [7, 11) is 0. The summed E-state index contributed by atoms with van der Waals surface area (Å²) in [6, 6.07) is -1.37. The maximum absolute atomic E-state index is 11.8. The lowest BCUT2D eigenvalue weighted by atomic mass is 9.86. The van der Waals surface area contributed by atoms with E-state index in [2.05, 4.69) is 5.32 Å². The van der Waals surface area contributed by atoms with Crippen molar-refractivity contribution >= 4 is 5.91 Å². The zero-order valence-corrected chi connectivity index (χ0v) is 19.5. The molecular formula is C21H35NO13. The fourth-order valence-electron chi connectivity index (χ4n) is 4.59. The highest BCUT2D eigenvalue weighted by Gasteiger charge is 2.51. The van der Waals surface area contributed by atoms with Crippen LogP contribution in [0.3, 0.4) is 0 Å². The van der Waals surface area contributed by atoms with Gasteiger partial charge in [0.05, 0.1) is 25.4 Å². The molecule has 35 heavy (non-hydrogen) atoms. The van der Waals surface area contributed by atoms with Crippen LogP contribution in [0.25, 0.3) is 0 Å². The fourth-order valence-corrected chi connectivity index (χ4v) is 4.59. The van der Waals surface area contributed by atoms with Gasteiger partial charge in [-0.25, -0.2) is 0 Å². The Morgan fingerprint density at radius 2 is 1.54 bits per heavy atom. The Hall–Kier alpha value is -1.43. The van der Waals surface area contributed by atoms with Crippen LogP contribution in [0.4, 0.5) is 0 Å². The summed E-state index contributed by atoms with van der Waals surface area (Å²) in [5, 5.41) is 84.5. The van der Waals surface area contributed by atoms with Gasteiger partial charge in [0.2, 0.25) is 5.91 Å². The van der Waals surface area contributed by atoms with E-state index in [9.17, 15) is 45.6 Å². The molecule has 0 aliphatic carbocycles. The Kier molecular flexibility index (Phi) is 9.10. The highest BCUT2D eigenvalue weighted by atomic mass is 16.7. The second-order valence-corrected chi connectivity index (χ2v) is 9.06. The lowest BCUT2D eigenvalue weighted by molar-refractivity contribution is -0.322. The lowest BCUT2D eigenvalue weighted by Gasteiger charge is -2.47. The zero-order valence-electron chi connectivity index (χ0n) is 19.5. The molecule has 14 heteroatoms. The number of hydrogen-bond acceptors (Lipinski definition) is 13. The summed E-state index contributed by atoms with van der Waals surface area (Å²) in [4.78, 5) is 11.8. The topological polar surface area (TPSA) is 228 Å². The third kappa shape index (κ3) is 5.47. The van der Waals surface area contributed by atoms with Crippen LogP contribution < -0.4 is 5.32 Å². The second-order valence-electron chi connectivity index (χ2n) is 9.06. The molecule has 3 aliphatic rings. The molecule has 12 unspecified atom stereocenters. The Balaban J connectivity index is 1.99. The number of carbonyl (C=O) groups excluding carboxylic acids is 1. The van der Waals surface area contributed by atoms with Crippen LogP contribution in [-0.4, -0.2) is 139 Å². The van der Waals surface area contributed by atoms with Crippen molar-refractivity contribution in [2.45, 2.75) is 100 Å². The predicted molar refractivity (Wildman–Crippen MR) is 113 cm³/mol. The molecule has 3 fully saturated rings. The van der Waals surface area contributed by atoms with Crippen molar-refractivity contribution in [1.82, 2.24) is 5.32 Å². The van der Waals surface area contributed by atoms with Crippen LogP contribution in [0.5, 0.6) is 0 Å². The van der Waals surface area contributed by atoms with Gasteiger partial charge in [0.1, 0.15) is 66.7 Å². The van der Waals surface area contributed by atoms with Crippen LogP contribution in [0.15, 0.2) is 11.3 Å². The number of hydrogen-bond donors (Lipinski definition) is 9. The molecule has 0 bridgehead atoms. The van der Waals surface area contributed by atoms with E-state index in [1.165, 1.54) is 13.8 Å². The number of ether oxygens (including phenoxy) is 4. The van der Waals surface area contributed by atoms with Gasteiger partial charge in [0, 0.05) is 12.5 Å². The van der Waals surface area contributed by atoms with Gasteiger partial charge in [-0.1, -0.05) is 0 Å². The van der Waals surface area contributed by atoms with E-state index in [-0.39, 0.29) is 11.3 Å². The minimum Gasteiger partial charge on any atom is -0.487 e. The molecule has 3 rings (SSSR count). The molecule has 9 N–H and O–H groups in total. The Labute approximate surface area is 201 Å². The smallest absolute Gasteiger partial charge is 0.217 e. The molecule has 3 aliphatic heterocycles. The highest BCUT2D eigenvalue weighted by Crippen LogP contribution is 2.36. The second kappa shape index (κ2) is 11.3. The summed E-state index contributed by atoms with van der Waals surface area (Å²) in [6.45, 7) is 2.78. The van der Waals surface area contributed by atoms with Crippen LogP contribution in [0, 0.1) is 0 Å². The summed E-state index contributed by atoms with van der Waals surface area (Å²) >= 11 is 0. The largest absolute Gasteiger partial charge is 0.487 e. The van der Waals surface area contributed by atoms with Crippen LogP contribution in [-0.2, 0) is 23.7 Å². The molecule has 0 aromatic rings. The minimum atomic E-state index is -1.67. The summed E-state index contributed by atoms with van der Waals surface area (Å²) < 4.78 is 22.6. The summed E-state index contributed by atoms with van der Waals surface area (Å²) in [5.41, 5.74) is -0.127. The van der Waals surface area contributed by atoms with Crippen LogP contribution in [0.1, 0.15) is 20.8 Å². The number of aliphatic hydroxyl groups is 8. The molecule has 0 aromatic heterocycles. The molecule has 13 atom stereocenters. The molecule has 0 radical (unpaired) electrons. The number of aliphatic hydroxyl groups excluding tert-OH is 8. The van der Waals surface area contributed by atoms with Crippen molar-refractivity contribution in [3.8, 4) is 0 Å². The quantitative estimate of drug-likeness (QED) is 0.170. The third-order valence-corrected chi connectivity index (χ3v) is 6.54. The number of amides is 1. The van der Waals surface area contributed by atoms with Crippen molar-refractivity contribution in [1.29, 1.82) is 0 Å². The molecule has 14 nitrogen and oxygen atoms in total. The van der Waals surface area contributed by atoms with Crippen molar-refractivity contribution in [2.75, 3.05) is 13.2 Å². The monoisotopic (exact) mass is 509 g/mol. The highest BCUT2D eigenvalue weighted by molar-refractivity contribution is 5.73. The standard InChI is InChI=1S/C21H35NO13/c1-6-13(26)17(30)18(31)21(33-6)35-19-7(2)32-9(4-23)11(15(19)28)20-12(22-8(3)25)16(29)14(27)10(5-24)34-20/h6-7,9-10,12-19,21,23-24,26-31H,4-5H2,1-3H3,(H,22,25)/b20-11+/t6?,7?,9?,10?,12?,13?,14?,15-,16?,17?,18?,19?,21?/m1/s1. The Bertz CT molecular complexity index is 780. The van der Waals surface area contributed by atoms with Gasteiger partial charge < -0.3 is 65.1 Å². The number of nitrogens with one attached hydrogen (secondary N) is 1. The molecule has 202 valence electrons. The van der Waals surface area contributed by atoms with Gasteiger partial charge in [0.25, 0.3) is 0 Å². The first kappa shape index (κ1) is 28.1. The van der Waals surface area contributed by atoms with Gasteiger partial charge in [-0.05, 0) is 13.8 Å². The van der Waals surface area contributed by atoms with E-state index in [0.29, 0.717) is 0 Å². The van der Waals surface area contributed by atoms with E-state index in [4.69, 9.17) is 18.9 Å². The van der Waals surface area contributed by atoms with Crippen LogP contribution in [0.2, 0.25) is 0 Å². The van der Waals surface area contributed by atoms with Crippen LogP contribution >= 0.6 is 0 Å². The number of carbonyl (C=O) groups is 1. The molecule has 3 saturated heterocycles. The van der Waals surface area contributed by atoms with E-state index >= 15 is 0 Å². The van der Waals surface area contributed by atoms with Crippen molar-refractivity contribution in [3.05, 3.63) is 11.3 Å². The van der Waals surface area contributed by atoms with Crippen molar-refractivity contribution < 1.29 is 64.6 Å². The maximum atomic E-state index is 11.8. The molecule has 0 spiro atoms. The molecular weight excluding hydrogens is 474 g/mol. The average Bonchev–Trinajstić information content (AvgIpc) is 2.81.